The van der Waals surface area contributed by atoms with E-state index in [-0.39, 0.29) is 48.7 Å². The molecule has 342 valence electrons. The van der Waals surface area contributed by atoms with Crippen molar-refractivity contribution in [2.75, 3.05) is 30.9 Å². The van der Waals surface area contributed by atoms with Crippen molar-refractivity contribution in [1.29, 1.82) is 5.41 Å². The molecule has 8 atom stereocenters. The summed E-state index contributed by atoms with van der Waals surface area (Å²) in [6.07, 6.45) is 5.81. The smallest absolute Gasteiger partial charge is 0.243 e. The van der Waals surface area contributed by atoms with Gasteiger partial charge in [0.05, 0.1) is 30.1 Å². The minimum atomic E-state index is -1.15. The van der Waals surface area contributed by atoms with Gasteiger partial charge in [0.25, 0.3) is 0 Å². The topological polar surface area (TPSA) is 277 Å². The molecule has 1 aliphatic heterocycles. The first-order valence-electron chi connectivity index (χ1n) is 20.8. The third kappa shape index (κ3) is 18.4. The van der Waals surface area contributed by atoms with Crippen molar-refractivity contribution in [3.05, 3.63) is 29.8 Å². The zero-order chi connectivity index (χ0) is 45.6. The van der Waals surface area contributed by atoms with E-state index in [0.29, 0.717) is 56.3 Å². The maximum absolute atomic E-state index is 14.1. The molecule has 1 unspecified atom stereocenters. The Morgan fingerprint density at radius 2 is 1.56 bits per heavy atom. The summed E-state index contributed by atoms with van der Waals surface area (Å²) < 4.78 is 0. The largest absolute Gasteiger partial charge is 0.508 e. The molecule has 1 aromatic rings. The Bertz CT molecular complexity index is 1600. The number of nitrogens with one attached hydrogen (secondary N) is 8. The van der Waals surface area contributed by atoms with Crippen molar-refractivity contribution in [1.82, 2.24) is 42.6 Å². The molecule has 3 amide bonds. The molecule has 18 nitrogen and oxygen atoms in total. The lowest BCUT2D eigenvalue weighted by atomic mass is 9.91. The Balaban J connectivity index is 2.28. The minimum absolute atomic E-state index is 0.0254. The zero-order valence-corrected chi connectivity index (χ0v) is 37.9. The van der Waals surface area contributed by atoms with Gasteiger partial charge in [0.2, 0.25) is 17.7 Å². The lowest BCUT2D eigenvalue weighted by Gasteiger charge is -2.32. The highest BCUT2D eigenvalue weighted by molar-refractivity contribution is 7.98. The van der Waals surface area contributed by atoms with Gasteiger partial charge < -0.3 is 41.7 Å². The van der Waals surface area contributed by atoms with E-state index in [1.54, 1.807) is 31.0 Å². The molecule has 1 heterocycles. The number of amides is 3. The van der Waals surface area contributed by atoms with Crippen molar-refractivity contribution in [2.45, 2.75) is 122 Å². The van der Waals surface area contributed by atoms with Gasteiger partial charge in [-0.05, 0) is 87.0 Å². The molecule has 1 aromatic carbocycles. The summed E-state index contributed by atoms with van der Waals surface area (Å²) in [5, 5.41) is 29.9. The maximum atomic E-state index is 14.1. The number of thiol groups is 1. The average Bonchev–Trinajstić information content (AvgIpc) is 3.69. The zero-order valence-electron chi connectivity index (χ0n) is 36.2. The lowest BCUT2D eigenvalue weighted by Crippen LogP contribution is -2.60. The third-order valence-corrected chi connectivity index (χ3v) is 11.4. The van der Waals surface area contributed by atoms with Gasteiger partial charge in [-0.3, -0.25) is 29.4 Å². The summed E-state index contributed by atoms with van der Waals surface area (Å²) >= 11 is 5.88. The number of thioether (sulfide) groups is 1. The molecule has 0 saturated carbocycles. The fourth-order valence-electron chi connectivity index (χ4n) is 6.75. The number of aldehydes is 2. The molecular formula is C41H68N10O8S2. The Hall–Kier alpha value is -4.08. The lowest BCUT2D eigenvalue weighted by molar-refractivity contribution is -0.139. The highest BCUT2D eigenvalue weighted by Crippen LogP contribution is 2.22. The Labute approximate surface area is 369 Å². The molecule has 61 heavy (non-hydrogen) atoms. The molecule has 0 radical (unpaired) electrons. The van der Waals surface area contributed by atoms with Crippen LogP contribution in [0.25, 0.3) is 0 Å². The minimum Gasteiger partial charge on any atom is -0.508 e. The van der Waals surface area contributed by atoms with Crippen LogP contribution in [0.15, 0.2) is 24.3 Å². The normalized spacial score (nSPS) is 17.6. The summed E-state index contributed by atoms with van der Waals surface area (Å²) in [5.74, 6) is -3.37. The summed E-state index contributed by atoms with van der Waals surface area (Å²) in [7, 11) is 0. The van der Waals surface area contributed by atoms with Gasteiger partial charge in [-0.1, -0.05) is 39.8 Å². The van der Waals surface area contributed by atoms with Crippen LogP contribution < -0.4 is 43.3 Å². The van der Waals surface area contributed by atoms with Gasteiger partial charge in [-0.2, -0.15) is 24.4 Å². The summed E-state index contributed by atoms with van der Waals surface area (Å²) in [5.41, 5.74) is 15.2. The number of benzene rings is 1. The quantitative estimate of drug-likeness (QED) is 0.00948. The Morgan fingerprint density at radius 3 is 2.13 bits per heavy atom. The number of nitrogens with zero attached hydrogens (tertiary/aromatic N) is 1. The number of Topliss-reactive ketones (excluding diaryl/α,β-unsaturated/α-hetero) is 2. The molecule has 11 N–H and O–H groups in total. The molecule has 0 bridgehead atoms. The van der Waals surface area contributed by atoms with Gasteiger partial charge in [0.1, 0.15) is 36.4 Å². The number of phenols is 1. The number of hydrogen-bond donors (Lipinski definition) is 11. The molecule has 0 aromatic heterocycles. The first-order valence-corrected chi connectivity index (χ1v) is 22.9. The molecule has 0 spiro atoms. The van der Waals surface area contributed by atoms with Crippen molar-refractivity contribution in [2.24, 2.45) is 23.5 Å². The van der Waals surface area contributed by atoms with Crippen LogP contribution in [0.4, 0.5) is 0 Å². The van der Waals surface area contributed by atoms with E-state index >= 15 is 0 Å². The van der Waals surface area contributed by atoms with Gasteiger partial charge in [0, 0.05) is 25.3 Å². The first-order chi connectivity index (χ1) is 28.9. The van der Waals surface area contributed by atoms with Crippen molar-refractivity contribution >= 4 is 72.2 Å². The monoisotopic (exact) mass is 892 g/mol. The van der Waals surface area contributed by atoms with Crippen LogP contribution in [0.3, 0.4) is 0 Å². The number of aromatic hydroxyl groups is 1. The number of carbonyl (C=O) groups excluding carboxylic acids is 7. The second-order valence-electron chi connectivity index (χ2n) is 16.1. The van der Waals surface area contributed by atoms with Gasteiger partial charge >= 0.3 is 0 Å². The second kappa shape index (κ2) is 27.8. The van der Waals surface area contributed by atoms with E-state index in [0.717, 1.165) is 6.29 Å². The van der Waals surface area contributed by atoms with Crippen LogP contribution in [0.1, 0.15) is 78.7 Å². The van der Waals surface area contributed by atoms with Crippen molar-refractivity contribution in [3.8, 4) is 5.75 Å². The number of rotatable bonds is 30. The van der Waals surface area contributed by atoms with Crippen LogP contribution in [0.2, 0.25) is 0 Å². The summed E-state index contributed by atoms with van der Waals surface area (Å²) in [6, 6.07) is 0.0440. The maximum Gasteiger partial charge on any atom is 0.243 e. The van der Waals surface area contributed by atoms with E-state index in [1.165, 1.54) is 30.8 Å². The van der Waals surface area contributed by atoms with Crippen LogP contribution in [0.5, 0.6) is 5.75 Å². The third-order valence-electron chi connectivity index (χ3n) is 10.3. The van der Waals surface area contributed by atoms with E-state index in [9.17, 15) is 38.7 Å². The number of hydrazine groups is 2. The van der Waals surface area contributed by atoms with Crippen LogP contribution in [-0.2, 0) is 40.0 Å². The molecule has 0 aliphatic carbocycles. The predicted octanol–water partition coefficient (Wildman–Crippen LogP) is 0.378. The summed E-state index contributed by atoms with van der Waals surface area (Å²) in [4.78, 5) is 92.6. The van der Waals surface area contributed by atoms with Gasteiger partial charge in [0.15, 0.2) is 17.5 Å². The van der Waals surface area contributed by atoms with E-state index in [4.69, 9.17) is 11.1 Å². The van der Waals surface area contributed by atoms with Crippen molar-refractivity contribution < 1.29 is 38.7 Å². The second-order valence-corrected chi connectivity index (χ2v) is 17.5. The fraction of sp³-hybridized carbons (Fsp3) is 0.659. The standard InChI is InChI=1S/C41H68N10O8S2/c1-24(2)19-28(21-52)48-49-30(15-18-61-6)38(57)47-34(23-60)36(55)26(5)37(56)35-10-8-17-51(35)50-31(9-7-16-44-41(42)43)39(58)45-32(20-27-11-13-29(54)14-12-27)40(59)46-33(22-53)25(3)4/h11-14,21-22,24-26,28,30-35,48-50,54,60H,7-10,15-20,23H2,1-6H3,(H,45,58)(H,46,59)(H,47,57)(H4,42,43,44)/t26?,28-,30-,31-,32-,33+,34-,35-/m0/s1. The fourth-order valence-corrected chi connectivity index (χ4v) is 7.49. The summed E-state index contributed by atoms with van der Waals surface area (Å²) in [6.45, 7) is 9.63. The van der Waals surface area contributed by atoms with E-state index < -0.39 is 77.5 Å². The highest BCUT2D eigenvalue weighted by Gasteiger charge is 2.40. The molecule has 1 fully saturated rings. The number of carbonyl (C=O) groups is 7. The average molecular weight is 893 g/mol. The SMILES string of the molecule is CSCC[C@H](NN[C@H](C=O)CC(C)C)C(=O)N[C@@H](CS)C(=O)C(C)C(=O)[C@@H]1CCCN1N[C@@H](CCCNC(=N)N)C(=O)N[C@@H](Cc1ccc(O)cc1)C(=O)N[C@H](C=O)C(C)C. The number of guanidine groups is 1. The Kier molecular flexibility index (Phi) is 24.2. The highest BCUT2D eigenvalue weighted by atomic mass is 32.2. The number of hydrogen-bond acceptors (Lipinski definition) is 15. The molecule has 20 heteroatoms. The molecule has 1 saturated heterocycles. The molecule has 1 aliphatic rings. The van der Waals surface area contributed by atoms with E-state index in [1.807, 2.05) is 20.1 Å². The predicted molar refractivity (Wildman–Crippen MR) is 240 cm³/mol. The molecule has 2 rings (SSSR count). The van der Waals surface area contributed by atoms with Gasteiger partial charge in [-0.15, -0.1) is 0 Å². The number of ketones is 2. The number of phenolic OH excluding ortho intramolecular Hbond substituents is 1. The van der Waals surface area contributed by atoms with Crippen LogP contribution >= 0.6 is 24.4 Å². The number of nitrogens with two attached hydrogens (primary N) is 1. The van der Waals surface area contributed by atoms with Gasteiger partial charge in [-0.25, -0.2) is 21.3 Å². The van der Waals surface area contributed by atoms with Crippen molar-refractivity contribution in [3.63, 3.8) is 0 Å². The van der Waals surface area contributed by atoms with Crippen LogP contribution in [-0.4, -0.2) is 131 Å². The van der Waals surface area contributed by atoms with Crippen LogP contribution in [0, 0.1) is 23.2 Å². The first kappa shape index (κ1) is 53.1. The van der Waals surface area contributed by atoms with E-state index in [2.05, 4.69) is 50.2 Å². The Morgan fingerprint density at radius 1 is 0.918 bits per heavy atom. The molecular weight excluding hydrogens is 825 g/mol.